The molecular formula is C15H14F3N3OS. The van der Waals surface area contributed by atoms with Gasteiger partial charge in [-0.3, -0.25) is 4.79 Å². The summed E-state index contributed by atoms with van der Waals surface area (Å²) in [6.07, 6.45) is -2.72. The van der Waals surface area contributed by atoms with Crippen molar-refractivity contribution in [3.8, 4) is 0 Å². The number of carbonyl (C=O) groups excluding carboxylic acids is 1. The van der Waals surface area contributed by atoms with Crippen LogP contribution in [-0.4, -0.2) is 42.0 Å². The number of rotatable bonds is 2. The number of carbonyl (C=O) groups is 1. The van der Waals surface area contributed by atoms with Crippen molar-refractivity contribution in [3.63, 3.8) is 0 Å². The van der Waals surface area contributed by atoms with Crippen LogP contribution in [0.5, 0.6) is 0 Å². The average Bonchev–Trinajstić information content (AvgIpc) is 3.08. The highest BCUT2D eigenvalue weighted by Crippen LogP contribution is 2.30. The second-order valence-electron chi connectivity index (χ2n) is 5.17. The molecule has 0 spiro atoms. The predicted molar refractivity (Wildman–Crippen MR) is 81.7 cm³/mol. The molecule has 0 radical (unpaired) electrons. The van der Waals surface area contributed by atoms with E-state index >= 15 is 0 Å². The number of hydrogen-bond acceptors (Lipinski definition) is 4. The van der Waals surface area contributed by atoms with Crippen LogP contribution in [-0.2, 0) is 6.18 Å². The second-order valence-corrected chi connectivity index (χ2v) is 6.05. The largest absolute Gasteiger partial charge is 0.416 e. The Morgan fingerprint density at radius 3 is 2.52 bits per heavy atom. The van der Waals surface area contributed by atoms with Gasteiger partial charge >= 0.3 is 6.18 Å². The van der Waals surface area contributed by atoms with E-state index in [9.17, 15) is 18.0 Å². The minimum atomic E-state index is -4.44. The summed E-state index contributed by atoms with van der Waals surface area (Å²) in [5, 5.41) is 2.78. The van der Waals surface area contributed by atoms with Crippen LogP contribution in [0.25, 0.3) is 0 Å². The Morgan fingerprint density at radius 2 is 1.91 bits per heavy atom. The quantitative estimate of drug-likeness (QED) is 0.842. The van der Waals surface area contributed by atoms with Gasteiger partial charge in [0, 0.05) is 43.3 Å². The van der Waals surface area contributed by atoms with Crippen LogP contribution in [0.4, 0.5) is 18.3 Å². The van der Waals surface area contributed by atoms with Crippen LogP contribution in [0.15, 0.2) is 35.8 Å². The van der Waals surface area contributed by atoms with Crippen molar-refractivity contribution in [2.45, 2.75) is 6.18 Å². The van der Waals surface area contributed by atoms with Crippen LogP contribution < -0.4 is 4.90 Å². The van der Waals surface area contributed by atoms with Gasteiger partial charge in [-0.2, -0.15) is 13.2 Å². The fraction of sp³-hybridized carbons (Fsp3) is 0.333. The van der Waals surface area contributed by atoms with Crippen molar-refractivity contribution in [1.82, 2.24) is 9.88 Å². The van der Waals surface area contributed by atoms with E-state index in [2.05, 4.69) is 9.88 Å². The van der Waals surface area contributed by atoms with Gasteiger partial charge in [-0.25, -0.2) is 4.98 Å². The summed E-state index contributed by atoms with van der Waals surface area (Å²) in [7, 11) is 0. The zero-order valence-corrected chi connectivity index (χ0v) is 12.9. The van der Waals surface area contributed by atoms with Gasteiger partial charge in [-0.05, 0) is 18.2 Å². The lowest BCUT2D eigenvalue weighted by Crippen LogP contribution is -2.48. The first-order valence-electron chi connectivity index (χ1n) is 7.06. The van der Waals surface area contributed by atoms with Crippen molar-refractivity contribution < 1.29 is 18.0 Å². The molecule has 0 aliphatic carbocycles. The lowest BCUT2D eigenvalue weighted by Gasteiger charge is -2.34. The summed E-state index contributed by atoms with van der Waals surface area (Å²) < 4.78 is 38.2. The van der Waals surface area contributed by atoms with Crippen LogP contribution in [0, 0.1) is 0 Å². The number of alkyl halides is 3. The summed E-state index contributed by atoms with van der Waals surface area (Å²) in [6, 6.07) is 4.57. The minimum absolute atomic E-state index is 0.0718. The Morgan fingerprint density at radius 1 is 1.17 bits per heavy atom. The zero-order valence-electron chi connectivity index (χ0n) is 12.1. The first-order valence-corrected chi connectivity index (χ1v) is 7.94. The number of halogens is 3. The third kappa shape index (κ3) is 3.47. The minimum Gasteiger partial charge on any atom is -0.345 e. The smallest absolute Gasteiger partial charge is 0.345 e. The normalized spacial score (nSPS) is 15.8. The topological polar surface area (TPSA) is 36.4 Å². The molecule has 0 bridgehead atoms. The van der Waals surface area contributed by atoms with E-state index in [0.717, 1.165) is 17.3 Å². The molecule has 1 fully saturated rings. The van der Waals surface area contributed by atoms with E-state index in [1.807, 2.05) is 5.38 Å². The maximum absolute atomic E-state index is 12.7. The van der Waals surface area contributed by atoms with E-state index in [1.165, 1.54) is 23.5 Å². The summed E-state index contributed by atoms with van der Waals surface area (Å²) in [6.45, 7) is 2.18. The first kappa shape index (κ1) is 15.8. The van der Waals surface area contributed by atoms with Crippen molar-refractivity contribution in [2.24, 2.45) is 0 Å². The van der Waals surface area contributed by atoms with Crippen LogP contribution >= 0.6 is 11.3 Å². The molecule has 122 valence electrons. The van der Waals surface area contributed by atoms with Gasteiger partial charge in [0.2, 0.25) is 0 Å². The Bertz CT molecular complexity index is 680. The summed E-state index contributed by atoms with van der Waals surface area (Å²) in [5.74, 6) is -0.366. The molecule has 4 nitrogen and oxygen atoms in total. The predicted octanol–water partition coefficient (Wildman–Crippen LogP) is 3.12. The summed E-state index contributed by atoms with van der Waals surface area (Å²) in [5.41, 5.74) is -0.729. The maximum atomic E-state index is 12.7. The average molecular weight is 341 g/mol. The Hall–Kier alpha value is -2.09. The summed E-state index contributed by atoms with van der Waals surface area (Å²) in [4.78, 5) is 20.3. The zero-order chi connectivity index (χ0) is 16.4. The number of aromatic nitrogens is 1. The van der Waals surface area contributed by atoms with E-state index in [-0.39, 0.29) is 11.5 Å². The highest BCUT2D eigenvalue weighted by molar-refractivity contribution is 7.13. The monoisotopic (exact) mass is 341 g/mol. The molecule has 2 heterocycles. The number of benzene rings is 1. The number of thiazole rings is 1. The molecule has 0 atom stereocenters. The Labute approximate surface area is 135 Å². The maximum Gasteiger partial charge on any atom is 0.416 e. The van der Waals surface area contributed by atoms with E-state index in [4.69, 9.17) is 0 Å². The molecule has 1 aromatic heterocycles. The molecule has 1 saturated heterocycles. The molecule has 0 unspecified atom stereocenters. The van der Waals surface area contributed by atoms with Gasteiger partial charge in [0.1, 0.15) is 0 Å². The van der Waals surface area contributed by atoms with E-state index in [1.54, 1.807) is 11.1 Å². The highest BCUT2D eigenvalue weighted by Gasteiger charge is 2.31. The van der Waals surface area contributed by atoms with E-state index < -0.39 is 11.7 Å². The number of nitrogens with zero attached hydrogens (tertiary/aromatic N) is 3. The molecule has 1 amide bonds. The molecule has 3 rings (SSSR count). The van der Waals surface area contributed by atoms with Crippen LogP contribution in [0.2, 0.25) is 0 Å². The van der Waals surface area contributed by atoms with Gasteiger partial charge in [0.05, 0.1) is 5.56 Å². The van der Waals surface area contributed by atoms with Gasteiger partial charge in [0.25, 0.3) is 5.91 Å². The number of amides is 1. The van der Waals surface area contributed by atoms with Crippen molar-refractivity contribution in [1.29, 1.82) is 0 Å². The second kappa shape index (κ2) is 6.19. The molecule has 8 heteroatoms. The van der Waals surface area contributed by atoms with Gasteiger partial charge in [-0.1, -0.05) is 6.07 Å². The van der Waals surface area contributed by atoms with Crippen molar-refractivity contribution in [2.75, 3.05) is 31.1 Å². The Balaban J connectivity index is 1.68. The van der Waals surface area contributed by atoms with Gasteiger partial charge < -0.3 is 9.80 Å². The lowest BCUT2D eigenvalue weighted by molar-refractivity contribution is -0.137. The van der Waals surface area contributed by atoms with Gasteiger partial charge in [-0.15, -0.1) is 11.3 Å². The molecule has 0 N–H and O–H groups in total. The van der Waals surface area contributed by atoms with Crippen LogP contribution in [0.1, 0.15) is 15.9 Å². The third-order valence-electron chi connectivity index (χ3n) is 3.69. The number of piperazine rings is 1. The van der Waals surface area contributed by atoms with Crippen molar-refractivity contribution >= 4 is 22.4 Å². The fourth-order valence-corrected chi connectivity index (χ4v) is 3.18. The van der Waals surface area contributed by atoms with Crippen molar-refractivity contribution in [3.05, 3.63) is 47.0 Å². The van der Waals surface area contributed by atoms with Gasteiger partial charge in [0.15, 0.2) is 5.13 Å². The summed E-state index contributed by atoms with van der Waals surface area (Å²) >= 11 is 1.53. The third-order valence-corrected chi connectivity index (χ3v) is 4.53. The molecule has 1 aromatic carbocycles. The molecule has 1 aliphatic rings. The van der Waals surface area contributed by atoms with Crippen LogP contribution in [0.3, 0.4) is 0 Å². The first-order chi connectivity index (χ1) is 10.9. The molecule has 23 heavy (non-hydrogen) atoms. The SMILES string of the molecule is O=C(c1cccc(C(F)(F)F)c1)N1CCN(c2nccs2)CC1. The lowest BCUT2D eigenvalue weighted by atomic mass is 10.1. The highest BCUT2D eigenvalue weighted by atomic mass is 32.1. The number of hydrogen-bond donors (Lipinski definition) is 0. The molecular weight excluding hydrogens is 327 g/mol. The molecule has 0 saturated carbocycles. The Kier molecular flexibility index (Phi) is 4.25. The molecule has 1 aliphatic heterocycles. The molecule has 2 aromatic rings. The standard InChI is InChI=1S/C15H14F3N3OS/c16-15(17,18)12-3-1-2-11(10-12)13(22)20-5-7-21(8-6-20)14-19-4-9-23-14/h1-4,9-10H,5-8H2. The fourth-order valence-electron chi connectivity index (χ4n) is 2.48. The number of anilines is 1. The van der Waals surface area contributed by atoms with E-state index in [0.29, 0.717) is 26.2 Å².